The zero-order valence-corrected chi connectivity index (χ0v) is 11.7. The molecular weight excluding hydrogens is 297 g/mol. The fourth-order valence-corrected chi connectivity index (χ4v) is 2.06. The Morgan fingerprint density at radius 3 is 2.55 bits per heavy atom. The molecule has 0 atom stereocenters. The van der Waals surface area contributed by atoms with Crippen molar-refractivity contribution in [2.45, 2.75) is 13.3 Å². The van der Waals surface area contributed by atoms with E-state index in [0.717, 1.165) is 0 Å². The number of benzene rings is 1. The lowest BCUT2D eigenvalue weighted by Gasteiger charge is -2.13. The summed E-state index contributed by atoms with van der Waals surface area (Å²) in [5.41, 5.74) is 0.919. The van der Waals surface area contributed by atoms with Gasteiger partial charge in [-0.15, -0.1) is 13.2 Å². The van der Waals surface area contributed by atoms with Crippen molar-refractivity contribution in [3.05, 3.63) is 51.9 Å². The molecule has 0 amide bonds. The van der Waals surface area contributed by atoms with Gasteiger partial charge < -0.3 is 9.30 Å². The zero-order chi connectivity index (χ0) is 16.5. The first kappa shape index (κ1) is 15.6. The number of pyridine rings is 1. The van der Waals surface area contributed by atoms with Crippen LogP contribution in [0.3, 0.4) is 0 Å². The number of hydrogen-bond acceptors (Lipinski definition) is 3. The normalized spacial score (nSPS) is 11.1. The molecule has 1 heterocycles. The van der Waals surface area contributed by atoms with Gasteiger partial charge in [0.05, 0.1) is 0 Å². The third kappa shape index (κ3) is 3.11. The van der Waals surface area contributed by atoms with Crippen molar-refractivity contribution in [2.24, 2.45) is 7.05 Å². The van der Waals surface area contributed by atoms with Crippen LogP contribution in [0.4, 0.5) is 13.2 Å². The Kier molecular flexibility index (Phi) is 3.95. The maximum Gasteiger partial charge on any atom is 0.573 e. The predicted octanol–water partition coefficient (Wildman–Crippen LogP) is 3.13. The molecule has 0 saturated heterocycles. The molecule has 0 N–H and O–H groups in total. The molecule has 114 valence electrons. The van der Waals surface area contributed by atoms with Gasteiger partial charge in [-0.2, -0.15) is 5.26 Å². The van der Waals surface area contributed by atoms with Crippen LogP contribution < -0.4 is 10.3 Å². The average molecular weight is 308 g/mol. The maximum atomic E-state index is 12.3. The molecule has 1 aromatic heterocycles. The number of halogens is 3. The summed E-state index contributed by atoms with van der Waals surface area (Å²) < 4.78 is 42.0. The van der Waals surface area contributed by atoms with E-state index in [0.29, 0.717) is 16.8 Å². The highest BCUT2D eigenvalue weighted by Crippen LogP contribution is 2.29. The second-order valence-electron chi connectivity index (χ2n) is 4.61. The van der Waals surface area contributed by atoms with E-state index in [1.165, 1.54) is 35.9 Å². The second-order valence-corrected chi connectivity index (χ2v) is 4.61. The van der Waals surface area contributed by atoms with E-state index in [-0.39, 0.29) is 11.3 Å². The molecule has 0 aliphatic heterocycles. The summed E-state index contributed by atoms with van der Waals surface area (Å²) in [6.07, 6.45) is -4.78. The Morgan fingerprint density at radius 1 is 1.27 bits per heavy atom. The highest BCUT2D eigenvalue weighted by Gasteiger charge is 2.31. The monoisotopic (exact) mass is 308 g/mol. The van der Waals surface area contributed by atoms with Crippen molar-refractivity contribution in [2.75, 3.05) is 0 Å². The van der Waals surface area contributed by atoms with Gasteiger partial charge in [0.2, 0.25) is 0 Å². The van der Waals surface area contributed by atoms with Crippen LogP contribution in [0.25, 0.3) is 11.1 Å². The molecule has 0 radical (unpaired) electrons. The summed E-state index contributed by atoms with van der Waals surface area (Å²) in [5, 5.41) is 8.98. The van der Waals surface area contributed by atoms with E-state index in [9.17, 15) is 18.0 Å². The minimum atomic E-state index is -4.78. The third-order valence-corrected chi connectivity index (χ3v) is 3.22. The summed E-state index contributed by atoms with van der Waals surface area (Å²) in [7, 11) is 1.50. The number of nitrogens with zero attached hydrogens (tertiary/aromatic N) is 2. The SMILES string of the molecule is Cc1c(-c2cccc(OC(F)(F)F)c2)cc(C#N)c(=O)n1C. The van der Waals surface area contributed by atoms with Crippen LogP contribution in [-0.2, 0) is 7.05 Å². The van der Waals surface area contributed by atoms with Gasteiger partial charge in [-0.3, -0.25) is 4.79 Å². The number of nitriles is 1. The van der Waals surface area contributed by atoms with Crippen LogP contribution in [0.1, 0.15) is 11.3 Å². The van der Waals surface area contributed by atoms with Crippen molar-refractivity contribution in [3.63, 3.8) is 0 Å². The molecule has 2 rings (SSSR count). The van der Waals surface area contributed by atoms with Crippen LogP contribution in [-0.4, -0.2) is 10.9 Å². The Morgan fingerprint density at radius 2 is 1.95 bits per heavy atom. The minimum Gasteiger partial charge on any atom is -0.406 e. The van der Waals surface area contributed by atoms with E-state index in [2.05, 4.69) is 4.74 Å². The molecular formula is C15H11F3N2O2. The molecule has 4 nitrogen and oxygen atoms in total. The summed E-state index contributed by atoms with van der Waals surface area (Å²) in [6.45, 7) is 1.65. The maximum absolute atomic E-state index is 12.3. The van der Waals surface area contributed by atoms with Gasteiger partial charge in [0, 0.05) is 18.3 Å². The lowest BCUT2D eigenvalue weighted by atomic mass is 10.0. The minimum absolute atomic E-state index is 0.0785. The second kappa shape index (κ2) is 5.56. The van der Waals surface area contributed by atoms with E-state index < -0.39 is 11.9 Å². The first-order chi connectivity index (χ1) is 10.2. The lowest BCUT2D eigenvalue weighted by Crippen LogP contribution is -2.22. The average Bonchev–Trinajstić information content (AvgIpc) is 2.44. The Balaban J connectivity index is 2.58. The quantitative estimate of drug-likeness (QED) is 0.856. The standard InChI is InChI=1S/C15H11F3N2O2/c1-9-13(7-11(8-19)14(21)20(9)2)10-4-3-5-12(6-10)22-15(16,17)18/h3-7H,1-2H3. The number of alkyl halides is 3. The van der Waals surface area contributed by atoms with Crippen molar-refractivity contribution >= 4 is 0 Å². The van der Waals surface area contributed by atoms with Crippen molar-refractivity contribution in [1.29, 1.82) is 5.26 Å². The Hall–Kier alpha value is -2.75. The largest absolute Gasteiger partial charge is 0.573 e. The first-order valence-corrected chi connectivity index (χ1v) is 6.20. The molecule has 0 spiro atoms. The van der Waals surface area contributed by atoms with E-state index in [1.54, 1.807) is 19.1 Å². The van der Waals surface area contributed by atoms with Gasteiger partial charge in [0.1, 0.15) is 17.4 Å². The first-order valence-electron chi connectivity index (χ1n) is 6.20. The molecule has 22 heavy (non-hydrogen) atoms. The van der Waals surface area contributed by atoms with Crippen LogP contribution in [0.15, 0.2) is 35.1 Å². The van der Waals surface area contributed by atoms with Gasteiger partial charge >= 0.3 is 6.36 Å². The van der Waals surface area contributed by atoms with E-state index in [4.69, 9.17) is 5.26 Å². The molecule has 0 saturated carbocycles. The molecule has 1 aromatic carbocycles. The molecule has 7 heteroatoms. The fraction of sp³-hybridized carbons (Fsp3) is 0.200. The van der Waals surface area contributed by atoms with Gasteiger partial charge in [-0.05, 0) is 30.7 Å². The van der Waals surface area contributed by atoms with Crippen molar-refractivity contribution < 1.29 is 17.9 Å². The smallest absolute Gasteiger partial charge is 0.406 e. The third-order valence-electron chi connectivity index (χ3n) is 3.22. The van der Waals surface area contributed by atoms with Gasteiger partial charge in [-0.25, -0.2) is 0 Å². The number of ether oxygens (including phenoxy) is 1. The molecule has 0 aliphatic carbocycles. The summed E-state index contributed by atoms with van der Waals surface area (Å²) in [6, 6.07) is 8.53. The van der Waals surface area contributed by atoms with E-state index in [1.807, 2.05) is 0 Å². The van der Waals surface area contributed by atoms with Gasteiger partial charge in [0.25, 0.3) is 5.56 Å². The van der Waals surface area contributed by atoms with Crippen LogP contribution in [0.2, 0.25) is 0 Å². The predicted molar refractivity (Wildman–Crippen MR) is 73.3 cm³/mol. The number of aromatic nitrogens is 1. The molecule has 0 fully saturated rings. The van der Waals surface area contributed by atoms with Crippen LogP contribution in [0.5, 0.6) is 5.75 Å². The fourth-order valence-electron chi connectivity index (χ4n) is 2.06. The number of rotatable bonds is 2. The van der Waals surface area contributed by atoms with Gasteiger partial charge in [-0.1, -0.05) is 12.1 Å². The number of hydrogen-bond donors (Lipinski definition) is 0. The van der Waals surface area contributed by atoms with Gasteiger partial charge in [0.15, 0.2) is 0 Å². The van der Waals surface area contributed by atoms with E-state index >= 15 is 0 Å². The zero-order valence-electron chi connectivity index (χ0n) is 11.7. The lowest BCUT2D eigenvalue weighted by molar-refractivity contribution is -0.274. The Bertz CT molecular complexity index is 817. The Labute approximate surface area is 124 Å². The topological polar surface area (TPSA) is 55.0 Å². The molecule has 0 aliphatic rings. The summed E-state index contributed by atoms with van der Waals surface area (Å²) in [4.78, 5) is 11.8. The summed E-state index contributed by atoms with van der Waals surface area (Å²) in [5.74, 6) is -0.364. The van der Waals surface area contributed by atoms with Crippen LogP contribution in [0, 0.1) is 18.3 Å². The highest BCUT2D eigenvalue weighted by atomic mass is 19.4. The summed E-state index contributed by atoms with van der Waals surface area (Å²) >= 11 is 0. The highest BCUT2D eigenvalue weighted by molar-refractivity contribution is 5.68. The molecule has 0 bridgehead atoms. The van der Waals surface area contributed by atoms with Crippen molar-refractivity contribution in [3.8, 4) is 22.9 Å². The molecule has 2 aromatic rings. The van der Waals surface area contributed by atoms with Crippen molar-refractivity contribution in [1.82, 2.24) is 4.57 Å². The van der Waals surface area contributed by atoms with Crippen LogP contribution >= 0.6 is 0 Å². The molecule has 0 unspecified atom stereocenters.